The topological polar surface area (TPSA) is 70.5 Å². The Hall–Kier alpha value is -1.36. The van der Waals surface area contributed by atoms with Crippen LogP contribution in [-0.4, -0.2) is 42.3 Å². The average Bonchev–Trinajstić information content (AvgIpc) is 3.02. The lowest BCUT2D eigenvalue weighted by Crippen LogP contribution is -2.51. The molecular formula is C23H33F5N2O2S. The fraction of sp³-hybridized carbons (Fsp3) is 0.652. The number of alkyl halides is 3. The van der Waals surface area contributed by atoms with Gasteiger partial charge in [0.1, 0.15) is 0 Å². The van der Waals surface area contributed by atoms with Crippen molar-refractivity contribution in [1.82, 2.24) is 0 Å². The Bertz CT molecular complexity index is 853. The first-order valence-electron chi connectivity index (χ1n) is 11.0. The minimum atomic E-state index is -4.67. The van der Waals surface area contributed by atoms with Gasteiger partial charge in [0.05, 0.1) is 13.2 Å². The van der Waals surface area contributed by atoms with E-state index in [9.17, 15) is 22.0 Å². The Morgan fingerprint density at radius 1 is 1.15 bits per heavy atom. The molecule has 1 aromatic carbocycles. The van der Waals surface area contributed by atoms with E-state index in [1.807, 2.05) is 13.8 Å². The molecule has 2 aliphatic rings. The van der Waals surface area contributed by atoms with Crippen molar-refractivity contribution < 1.29 is 31.4 Å². The predicted molar refractivity (Wildman–Crippen MR) is 121 cm³/mol. The molecule has 4 nitrogen and oxygen atoms in total. The third-order valence-electron chi connectivity index (χ3n) is 6.77. The van der Waals surface area contributed by atoms with Gasteiger partial charge in [-0.2, -0.15) is 30.2 Å². The molecule has 1 fully saturated rings. The first-order valence-corrected chi connectivity index (χ1v) is 11.5. The number of methoxy groups -OCH3 is 1. The molecule has 188 valence electrons. The van der Waals surface area contributed by atoms with E-state index < -0.39 is 64.4 Å². The largest absolute Gasteiger partial charge is 0.493 e. The number of nitrogens with two attached hydrogens (primary N) is 2. The zero-order valence-corrected chi connectivity index (χ0v) is 20.3. The van der Waals surface area contributed by atoms with Gasteiger partial charge in [-0.25, -0.2) is 4.39 Å². The van der Waals surface area contributed by atoms with Gasteiger partial charge in [0.25, 0.3) is 0 Å². The third-order valence-corrected chi connectivity index (χ3v) is 7.50. The zero-order chi connectivity index (χ0) is 25.3. The standard InChI is InChI=1S/C21H27F5N2O2S.C2H6/c1-9-15(11-5-6-12(22)16(23)18(11)29-3)14(30-20(9,2)21(24,25)26)8-10-4-7-13(27)17(28)19(10)31;1-2/h4-7,9-10,13-15,17,19,31H,8,27-28H2,1-3H3;1-2H3/t9?,10-,13?,14-,15?,17?,19?,20+;/m0./s1. The molecule has 1 heterocycles. The maximum atomic E-state index is 14.4. The monoisotopic (exact) mass is 496 g/mol. The molecule has 1 aliphatic heterocycles. The summed E-state index contributed by atoms with van der Waals surface area (Å²) in [6.45, 7) is 6.38. The molecule has 0 bridgehead atoms. The number of allylic oxidation sites excluding steroid dienone is 1. The SMILES string of the molecule is CC.COc1c(C2C(C)[C@](C)(C(F)(F)F)O[C@H]2C[C@@H]2C=CC(N)C(N)C2S)ccc(F)c1F. The minimum Gasteiger partial charge on any atom is -0.493 e. The summed E-state index contributed by atoms with van der Waals surface area (Å²) in [7, 11) is 1.15. The maximum absolute atomic E-state index is 14.4. The van der Waals surface area contributed by atoms with E-state index in [-0.39, 0.29) is 17.9 Å². The molecule has 0 saturated carbocycles. The van der Waals surface area contributed by atoms with Crippen LogP contribution in [0.15, 0.2) is 24.3 Å². The van der Waals surface area contributed by atoms with E-state index in [2.05, 4.69) is 12.6 Å². The van der Waals surface area contributed by atoms with E-state index in [1.165, 1.54) is 13.0 Å². The summed E-state index contributed by atoms with van der Waals surface area (Å²) >= 11 is 4.52. The number of hydrogen-bond acceptors (Lipinski definition) is 5. The Kier molecular flexibility index (Phi) is 8.87. The molecule has 0 aromatic heterocycles. The molecule has 5 unspecified atom stereocenters. The number of halogens is 5. The number of hydrogen-bond donors (Lipinski definition) is 3. The van der Waals surface area contributed by atoms with Gasteiger partial charge in [0.15, 0.2) is 17.2 Å². The average molecular weight is 497 g/mol. The van der Waals surface area contributed by atoms with Crippen LogP contribution < -0.4 is 16.2 Å². The normalized spacial score (nSPS) is 36.3. The summed E-state index contributed by atoms with van der Waals surface area (Å²) < 4.78 is 80.8. The molecule has 10 heteroatoms. The maximum Gasteiger partial charge on any atom is 0.417 e. The van der Waals surface area contributed by atoms with Gasteiger partial charge in [-0.1, -0.05) is 39.0 Å². The van der Waals surface area contributed by atoms with Crippen LogP contribution in [0.5, 0.6) is 5.75 Å². The van der Waals surface area contributed by atoms with Gasteiger partial charge in [0.2, 0.25) is 5.82 Å². The van der Waals surface area contributed by atoms with Gasteiger partial charge < -0.3 is 20.9 Å². The second-order valence-electron chi connectivity index (χ2n) is 8.49. The van der Waals surface area contributed by atoms with Gasteiger partial charge in [-0.05, 0) is 25.3 Å². The van der Waals surface area contributed by atoms with Crippen molar-refractivity contribution in [3.63, 3.8) is 0 Å². The molecule has 0 spiro atoms. The van der Waals surface area contributed by atoms with Crippen molar-refractivity contribution in [1.29, 1.82) is 0 Å². The third kappa shape index (κ3) is 5.04. The van der Waals surface area contributed by atoms with Gasteiger partial charge in [-0.15, -0.1) is 0 Å². The lowest BCUT2D eigenvalue weighted by atomic mass is 9.74. The molecule has 0 radical (unpaired) electrons. The van der Waals surface area contributed by atoms with Crippen molar-refractivity contribution >= 4 is 12.6 Å². The summed E-state index contributed by atoms with van der Waals surface area (Å²) in [4.78, 5) is 0. The first-order chi connectivity index (χ1) is 15.3. The van der Waals surface area contributed by atoms with Crippen molar-refractivity contribution in [3.8, 4) is 5.75 Å². The number of ether oxygens (including phenoxy) is 2. The Balaban J connectivity index is 0.00000187. The molecule has 1 aliphatic carbocycles. The van der Waals surface area contributed by atoms with E-state index in [0.29, 0.717) is 0 Å². The second kappa shape index (κ2) is 10.5. The molecule has 8 atom stereocenters. The molecular weight excluding hydrogens is 463 g/mol. The van der Waals surface area contributed by atoms with Crippen LogP contribution in [0.4, 0.5) is 22.0 Å². The second-order valence-corrected chi connectivity index (χ2v) is 9.09. The van der Waals surface area contributed by atoms with Crippen LogP contribution in [0, 0.1) is 23.5 Å². The molecule has 1 aromatic rings. The highest BCUT2D eigenvalue weighted by molar-refractivity contribution is 7.81. The summed E-state index contributed by atoms with van der Waals surface area (Å²) in [5.74, 6) is -5.13. The first kappa shape index (κ1) is 27.9. The molecule has 4 N–H and O–H groups in total. The summed E-state index contributed by atoms with van der Waals surface area (Å²) in [6, 6.07) is 1.25. The summed E-state index contributed by atoms with van der Waals surface area (Å²) in [5, 5.41) is -0.399. The van der Waals surface area contributed by atoms with Crippen LogP contribution in [0.2, 0.25) is 0 Å². The summed E-state index contributed by atoms with van der Waals surface area (Å²) in [5.41, 5.74) is 9.64. The van der Waals surface area contributed by atoms with Crippen molar-refractivity contribution in [2.75, 3.05) is 7.11 Å². The lowest BCUT2D eigenvalue weighted by molar-refractivity contribution is -0.275. The van der Waals surface area contributed by atoms with Crippen LogP contribution >= 0.6 is 12.6 Å². The predicted octanol–water partition coefficient (Wildman–Crippen LogP) is 4.97. The Morgan fingerprint density at radius 3 is 2.30 bits per heavy atom. The smallest absolute Gasteiger partial charge is 0.417 e. The number of benzene rings is 1. The lowest BCUT2D eigenvalue weighted by Gasteiger charge is -2.35. The van der Waals surface area contributed by atoms with Crippen LogP contribution in [0.25, 0.3) is 0 Å². The van der Waals surface area contributed by atoms with Crippen LogP contribution in [-0.2, 0) is 4.74 Å². The van der Waals surface area contributed by atoms with E-state index in [4.69, 9.17) is 20.9 Å². The number of thiol groups is 1. The van der Waals surface area contributed by atoms with Gasteiger partial charge in [-0.3, -0.25) is 0 Å². The highest BCUT2D eigenvalue weighted by Crippen LogP contribution is 2.56. The van der Waals surface area contributed by atoms with Crippen molar-refractivity contribution in [2.45, 2.75) is 75.2 Å². The number of rotatable bonds is 4. The molecule has 3 rings (SSSR count). The van der Waals surface area contributed by atoms with E-state index in [0.717, 1.165) is 20.1 Å². The fourth-order valence-electron chi connectivity index (χ4n) is 4.68. The highest BCUT2D eigenvalue weighted by atomic mass is 32.1. The van der Waals surface area contributed by atoms with Crippen LogP contribution in [0.3, 0.4) is 0 Å². The summed E-state index contributed by atoms with van der Waals surface area (Å²) in [6.07, 6.45) is -2.01. The van der Waals surface area contributed by atoms with Gasteiger partial charge >= 0.3 is 6.18 Å². The van der Waals surface area contributed by atoms with Gasteiger partial charge in [0, 0.05) is 34.7 Å². The minimum absolute atomic E-state index is 0.128. The Morgan fingerprint density at radius 2 is 1.76 bits per heavy atom. The molecule has 0 amide bonds. The Labute approximate surface area is 197 Å². The van der Waals surface area contributed by atoms with Crippen LogP contribution in [0.1, 0.15) is 45.6 Å². The van der Waals surface area contributed by atoms with E-state index in [1.54, 1.807) is 12.2 Å². The van der Waals surface area contributed by atoms with Crippen molar-refractivity contribution in [3.05, 3.63) is 41.5 Å². The van der Waals surface area contributed by atoms with Crippen molar-refractivity contribution in [2.24, 2.45) is 23.3 Å². The van der Waals surface area contributed by atoms with E-state index >= 15 is 0 Å². The molecule has 33 heavy (non-hydrogen) atoms. The fourth-order valence-corrected chi connectivity index (χ4v) is 5.10. The zero-order valence-electron chi connectivity index (χ0n) is 19.4. The molecule has 1 saturated heterocycles. The quantitative estimate of drug-likeness (QED) is 0.313. The highest BCUT2D eigenvalue weighted by Gasteiger charge is 2.64.